The maximum atomic E-state index is 11.6. The van der Waals surface area contributed by atoms with Crippen molar-refractivity contribution in [2.24, 2.45) is 0 Å². The van der Waals surface area contributed by atoms with E-state index in [2.05, 4.69) is 9.72 Å². The van der Waals surface area contributed by atoms with Gasteiger partial charge in [-0.05, 0) is 6.92 Å². The summed E-state index contributed by atoms with van der Waals surface area (Å²) in [6.07, 6.45) is 0. The summed E-state index contributed by atoms with van der Waals surface area (Å²) in [4.78, 5) is 25.8. The lowest BCUT2D eigenvalue weighted by Crippen LogP contribution is -2.21. The van der Waals surface area contributed by atoms with E-state index in [1.54, 1.807) is 6.92 Å². The summed E-state index contributed by atoms with van der Waals surface area (Å²) in [6, 6.07) is 1.35. The van der Waals surface area contributed by atoms with Crippen molar-refractivity contribution in [2.45, 2.75) is 13.5 Å². The van der Waals surface area contributed by atoms with Gasteiger partial charge in [0.15, 0.2) is 5.43 Å². The Kier molecular flexibility index (Phi) is 3.62. The molecule has 0 saturated heterocycles. The third kappa shape index (κ3) is 2.44. The van der Waals surface area contributed by atoms with Gasteiger partial charge in [-0.15, -0.1) is 0 Å². The Morgan fingerprint density at radius 3 is 2.67 bits per heavy atom. The van der Waals surface area contributed by atoms with Gasteiger partial charge in [0.05, 0.1) is 19.4 Å². The number of nitrogens with one attached hydrogen (secondary N) is 1. The average molecular weight is 211 g/mol. The molecule has 0 aliphatic carbocycles. The number of aryl methyl sites for hydroxylation is 1. The van der Waals surface area contributed by atoms with Crippen molar-refractivity contribution in [2.75, 3.05) is 14.2 Å². The third-order valence-corrected chi connectivity index (χ3v) is 1.92. The summed E-state index contributed by atoms with van der Waals surface area (Å²) in [5.74, 6) is -0.650. The molecule has 1 rings (SSSR count). The van der Waals surface area contributed by atoms with Crippen LogP contribution >= 0.6 is 0 Å². The molecule has 0 bridgehead atoms. The van der Waals surface area contributed by atoms with Crippen LogP contribution < -0.4 is 5.43 Å². The summed E-state index contributed by atoms with van der Waals surface area (Å²) in [5, 5.41) is 0. The van der Waals surface area contributed by atoms with Gasteiger partial charge in [0.2, 0.25) is 0 Å². The van der Waals surface area contributed by atoms with Crippen molar-refractivity contribution in [3.05, 3.63) is 33.2 Å². The van der Waals surface area contributed by atoms with E-state index in [4.69, 9.17) is 4.74 Å². The number of pyridine rings is 1. The minimum atomic E-state index is -0.650. The van der Waals surface area contributed by atoms with E-state index in [0.29, 0.717) is 11.4 Å². The van der Waals surface area contributed by atoms with Crippen molar-refractivity contribution in [3.8, 4) is 0 Å². The predicted octanol–water partition coefficient (Wildman–Crippen LogP) is 0.616. The van der Waals surface area contributed by atoms with Gasteiger partial charge in [-0.1, -0.05) is 0 Å². The van der Waals surface area contributed by atoms with Crippen LogP contribution in [0.2, 0.25) is 0 Å². The van der Waals surface area contributed by atoms with Crippen LogP contribution in [0.1, 0.15) is 21.7 Å². The zero-order chi connectivity index (χ0) is 11.4. The first-order chi connectivity index (χ1) is 7.10. The highest BCUT2D eigenvalue weighted by Crippen LogP contribution is 2.05. The molecule has 0 spiro atoms. The molecule has 82 valence electrons. The van der Waals surface area contributed by atoms with Crippen molar-refractivity contribution in [1.82, 2.24) is 4.98 Å². The topological polar surface area (TPSA) is 68.4 Å². The second-order valence-electron chi connectivity index (χ2n) is 3.09. The molecule has 0 aliphatic heterocycles. The molecule has 15 heavy (non-hydrogen) atoms. The number of carbonyl (C=O) groups excluding carboxylic acids is 1. The zero-order valence-electron chi connectivity index (χ0n) is 8.92. The third-order valence-electron chi connectivity index (χ3n) is 1.92. The predicted molar refractivity (Wildman–Crippen MR) is 53.9 cm³/mol. The Balaban J connectivity index is 3.33. The zero-order valence-corrected chi connectivity index (χ0v) is 8.92. The summed E-state index contributed by atoms with van der Waals surface area (Å²) in [7, 11) is 2.72. The van der Waals surface area contributed by atoms with Crippen LogP contribution in [0.4, 0.5) is 0 Å². The minimum Gasteiger partial charge on any atom is -0.465 e. The number of carbonyl (C=O) groups is 1. The molecular weight excluding hydrogens is 198 g/mol. The standard InChI is InChI=1S/C10H13NO4/c1-6-4-8(12)9(10(13)15-3)7(11-6)5-14-2/h4H,5H2,1-3H3,(H,11,12). The molecule has 5 nitrogen and oxygen atoms in total. The Labute approximate surface area is 87.0 Å². The van der Waals surface area contributed by atoms with Crippen LogP contribution in [0, 0.1) is 6.92 Å². The van der Waals surface area contributed by atoms with Crippen LogP contribution in [-0.4, -0.2) is 25.2 Å². The first kappa shape index (κ1) is 11.5. The monoisotopic (exact) mass is 211 g/mol. The lowest BCUT2D eigenvalue weighted by Gasteiger charge is -2.07. The number of ether oxygens (including phenoxy) is 2. The maximum absolute atomic E-state index is 11.6. The van der Waals surface area contributed by atoms with Crippen LogP contribution in [0.15, 0.2) is 10.9 Å². The maximum Gasteiger partial charge on any atom is 0.343 e. The van der Waals surface area contributed by atoms with Crippen LogP contribution in [0.3, 0.4) is 0 Å². The molecule has 0 atom stereocenters. The van der Waals surface area contributed by atoms with Gasteiger partial charge in [0.25, 0.3) is 0 Å². The molecule has 0 amide bonds. The number of H-pyrrole nitrogens is 1. The molecule has 0 aliphatic rings. The summed E-state index contributed by atoms with van der Waals surface area (Å²) in [5.41, 5.74) is 0.768. The van der Waals surface area contributed by atoms with E-state index in [0.717, 1.165) is 0 Å². The fraction of sp³-hybridized carbons (Fsp3) is 0.400. The highest BCUT2D eigenvalue weighted by Gasteiger charge is 2.16. The summed E-state index contributed by atoms with van der Waals surface area (Å²) >= 11 is 0. The second kappa shape index (κ2) is 4.75. The van der Waals surface area contributed by atoms with E-state index in [9.17, 15) is 9.59 Å². The van der Waals surface area contributed by atoms with Crippen molar-refractivity contribution in [3.63, 3.8) is 0 Å². The van der Waals surface area contributed by atoms with Gasteiger partial charge < -0.3 is 14.5 Å². The van der Waals surface area contributed by atoms with Crippen molar-refractivity contribution < 1.29 is 14.3 Å². The molecular formula is C10H13NO4. The molecule has 1 aromatic heterocycles. The highest BCUT2D eigenvalue weighted by molar-refractivity contribution is 5.90. The van der Waals surface area contributed by atoms with E-state index in [1.807, 2.05) is 0 Å². The molecule has 1 heterocycles. The van der Waals surface area contributed by atoms with Crippen molar-refractivity contribution >= 4 is 5.97 Å². The molecule has 1 N–H and O–H groups in total. The Hall–Kier alpha value is -1.62. The first-order valence-corrected chi connectivity index (χ1v) is 4.40. The molecule has 0 saturated carbocycles. The minimum absolute atomic E-state index is 0.00458. The average Bonchev–Trinajstić information content (AvgIpc) is 2.16. The smallest absolute Gasteiger partial charge is 0.343 e. The molecule has 0 unspecified atom stereocenters. The number of esters is 1. The van der Waals surface area contributed by atoms with Crippen LogP contribution in [0.5, 0.6) is 0 Å². The number of rotatable bonds is 3. The Morgan fingerprint density at radius 2 is 2.13 bits per heavy atom. The number of aromatic nitrogens is 1. The van der Waals surface area contributed by atoms with Gasteiger partial charge in [-0.3, -0.25) is 4.79 Å². The quantitative estimate of drug-likeness (QED) is 0.744. The van der Waals surface area contributed by atoms with Gasteiger partial charge in [0, 0.05) is 18.9 Å². The van der Waals surface area contributed by atoms with E-state index in [1.165, 1.54) is 20.3 Å². The largest absolute Gasteiger partial charge is 0.465 e. The van der Waals surface area contributed by atoms with Gasteiger partial charge in [0.1, 0.15) is 5.56 Å². The van der Waals surface area contributed by atoms with Gasteiger partial charge >= 0.3 is 5.97 Å². The number of aromatic amines is 1. The fourth-order valence-corrected chi connectivity index (χ4v) is 1.33. The number of hydrogen-bond acceptors (Lipinski definition) is 4. The Bertz CT molecular complexity index is 422. The van der Waals surface area contributed by atoms with Gasteiger partial charge in [-0.2, -0.15) is 0 Å². The van der Waals surface area contributed by atoms with Crippen molar-refractivity contribution in [1.29, 1.82) is 0 Å². The molecule has 0 radical (unpaired) electrons. The van der Waals surface area contributed by atoms with E-state index in [-0.39, 0.29) is 17.6 Å². The SMILES string of the molecule is COCc1[nH]c(C)cc(=O)c1C(=O)OC. The lowest BCUT2D eigenvalue weighted by molar-refractivity contribution is 0.0593. The highest BCUT2D eigenvalue weighted by atomic mass is 16.5. The van der Waals surface area contributed by atoms with Gasteiger partial charge in [-0.25, -0.2) is 4.79 Å². The second-order valence-corrected chi connectivity index (χ2v) is 3.09. The number of hydrogen-bond donors (Lipinski definition) is 1. The fourth-order valence-electron chi connectivity index (χ4n) is 1.33. The van der Waals surface area contributed by atoms with Crippen LogP contribution in [-0.2, 0) is 16.1 Å². The molecule has 1 aromatic rings. The molecule has 5 heteroatoms. The molecule has 0 fully saturated rings. The van der Waals surface area contributed by atoms with Crippen LogP contribution in [0.25, 0.3) is 0 Å². The summed E-state index contributed by atoms with van der Waals surface area (Å²) in [6.45, 7) is 1.91. The lowest BCUT2D eigenvalue weighted by atomic mass is 10.1. The van der Waals surface area contributed by atoms with E-state index < -0.39 is 5.97 Å². The first-order valence-electron chi connectivity index (χ1n) is 4.40. The Morgan fingerprint density at radius 1 is 1.47 bits per heavy atom. The number of methoxy groups -OCH3 is 2. The summed E-state index contributed by atoms with van der Waals surface area (Å²) < 4.78 is 9.42. The van der Waals surface area contributed by atoms with E-state index >= 15 is 0 Å². The normalized spacial score (nSPS) is 10.1. The molecule has 0 aromatic carbocycles.